The normalized spacial score (nSPS) is 21.5. The first-order valence-electron chi connectivity index (χ1n) is 5.66. The summed E-state index contributed by atoms with van der Waals surface area (Å²) in [6.45, 7) is 4.64. The van der Waals surface area contributed by atoms with Crippen molar-refractivity contribution in [3.8, 4) is 0 Å². The van der Waals surface area contributed by atoms with Crippen molar-refractivity contribution >= 4 is 6.29 Å². The van der Waals surface area contributed by atoms with Crippen LogP contribution in [0.3, 0.4) is 0 Å². The van der Waals surface area contributed by atoms with E-state index in [0.717, 1.165) is 12.0 Å². The summed E-state index contributed by atoms with van der Waals surface area (Å²) in [6, 6.07) is 3.72. The fraction of sp³-hybridized carbons (Fsp3) is 0.615. The molecule has 1 fully saturated rings. The molecule has 2 heteroatoms. The molecule has 1 saturated carbocycles. The predicted octanol–water partition coefficient (Wildman–Crippen LogP) is 3.78. The molecule has 1 aliphatic rings. The highest BCUT2D eigenvalue weighted by atomic mass is 16.3. The van der Waals surface area contributed by atoms with E-state index in [1.54, 1.807) is 6.07 Å². The molecule has 0 spiro atoms. The van der Waals surface area contributed by atoms with Crippen LogP contribution in [0.1, 0.15) is 61.8 Å². The second-order valence-corrected chi connectivity index (χ2v) is 5.30. The van der Waals surface area contributed by atoms with E-state index in [0.29, 0.717) is 17.1 Å². The van der Waals surface area contributed by atoms with Crippen LogP contribution >= 0.6 is 0 Å². The third kappa shape index (κ3) is 2.31. The monoisotopic (exact) mass is 206 g/mol. The van der Waals surface area contributed by atoms with Gasteiger partial charge in [0.25, 0.3) is 0 Å². The number of carbonyl (C=O) groups is 1. The van der Waals surface area contributed by atoms with Crippen molar-refractivity contribution in [2.75, 3.05) is 0 Å². The maximum absolute atomic E-state index is 10.5. The van der Waals surface area contributed by atoms with Crippen molar-refractivity contribution in [1.82, 2.24) is 0 Å². The summed E-state index contributed by atoms with van der Waals surface area (Å²) < 4.78 is 5.47. The maximum Gasteiger partial charge on any atom is 0.185 e. The van der Waals surface area contributed by atoms with Gasteiger partial charge in [0.05, 0.1) is 0 Å². The summed E-state index contributed by atoms with van der Waals surface area (Å²) in [6.07, 6.45) is 5.62. The van der Waals surface area contributed by atoms with Gasteiger partial charge in [-0.05, 0) is 43.2 Å². The largest absolute Gasteiger partial charge is 0.458 e. The second kappa shape index (κ2) is 3.84. The summed E-state index contributed by atoms with van der Waals surface area (Å²) >= 11 is 0. The van der Waals surface area contributed by atoms with E-state index >= 15 is 0 Å². The molecule has 0 atom stereocenters. The van der Waals surface area contributed by atoms with Gasteiger partial charge in [-0.1, -0.05) is 13.8 Å². The van der Waals surface area contributed by atoms with Crippen LogP contribution in [-0.2, 0) is 0 Å². The Labute approximate surface area is 90.7 Å². The molecule has 1 aromatic heterocycles. The van der Waals surface area contributed by atoms with Crippen molar-refractivity contribution in [1.29, 1.82) is 0 Å². The molecule has 0 bridgehead atoms. The summed E-state index contributed by atoms with van der Waals surface area (Å²) in [5.74, 6) is 1.97. The third-order valence-corrected chi connectivity index (χ3v) is 3.51. The first kappa shape index (κ1) is 10.5. The average Bonchev–Trinajstić information content (AvgIpc) is 2.66. The molecule has 1 aliphatic carbocycles. The third-order valence-electron chi connectivity index (χ3n) is 3.51. The smallest absolute Gasteiger partial charge is 0.185 e. The predicted molar refractivity (Wildman–Crippen MR) is 59.1 cm³/mol. The number of hydrogen-bond acceptors (Lipinski definition) is 2. The first-order valence-corrected chi connectivity index (χ1v) is 5.66. The minimum Gasteiger partial charge on any atom is -0.458 e. The Morgan fingerprint density at radius 3 is 2.53 bits per heavy atom. The number of aldehydes is 1. The molecule has 0 radical (unpaired) electrons. The first-order chi connectivity index (χ1) is 7.11. The molecule has 0 unspecified atom stereocenters. The molecular weight excluding hydrogens is 188 g/mol. The molecule has 0 aromatic carbocycles. The van der Waals surface area contributed by atoms with Gasteiger partial charge in [0.2, 0.25) is 0 Å². The van der Waals surface area contributed by atoms with Crippen LogP contribution in [0.25, 0.3) is 0 Å². The topological polar surface area (TPSA) is 30.2 Å². The number of furan rings is 1. The van der Waals surface area contributed by atoms with E-state index in [2.05, 4.69) is 13.8 Å². The van der Waals surface area contributed by atoms with Crippen LogP contribution in [0.15, 0.2) is 16.5 Å². The van der Waals surface area contributed by atoms with Gasteiger partial charge in [0.15, 0.2) is 12.0 Å². The van der Waals surface area contributed by atoms with E-state index in [4.69, 9.17) is 4.42 Å². The Hall–Kier alpha value is -1.05. The molecule has 0 saturated heterocycles. The molecule has 82 valence electrons. The Balaban J connectivity index is 2.04. The van der Waals surface area contributed by atoms with E-state index in [1.807, 2.05) is 6.07 Å². The molecule has 2 rings (SSSR count). The van der Waals surface area contributed by atoms with Crippen molar-refractivity contribution < 1.29 is 9.21 Å². The minimum atomic E-state index is 0.454. The van der Waals surface area contributed by atoms with Crippen molar-refractivity contribution in [2.24, 2.45) is 5.41 Å². The van der Waals surface area contributed by atoms with Crippen LogP contribution < -0.4 is 0 Å². The molecule has 1 aromatic rings. The Morgan fingerprint density at radius 2 is 2.00 bits per heavy atom. The van der Waals surface area contributed by atoms with Gasteiger partial charge in [0.1, 0.15) is 5.76 Å². The molecule has 0 aliphatic heterocycles. The molecular formula is C13H18O2. The summed E-state index contributed by atoms with van der Waals surface area (Å²) in [4.78, 5) is 10.5. The van der Waals surface area contributed by atoms with Gasteiger partial charge in [-0.15, -0.1) is 0 Å². The fourth-order valence-electron chi connectivity index (χ4n) is 2.33. The highest BCUT2D eigenvalue weighted by molar-refractivity contribution is 5.70. The van der Waals surface area contributed by atoms with E-state index in [-0.39, 0.29) is 0 Å². The van der Waals surface area contributed by atoms with Crippen LogP contribution in [0.2, 0.25) is 0 Å². The van der Waals surface area contributed by atoms with Gasteiger partial charge < -0.3 is 4.42 Å². The van der Waals surface area contributed by atoms with E-state index in [1.165, 1.54) is 25.7 Å². The maximum atomic E-state index is 10.5. The highest BCUT2D eigenvalue weighted by Gasteiger charge is 2.28. The highest BCUT2D eigenvalue weighted by Crippen LogP contribution is 2.42. The van der Waals surface area contributed by atoms with Gasteiger partial charge in [-0.25, -0.2) is 0 Å². The fourth-order valence-corrected chi connectivity index (χ4v) is 2.33. The summed E-state index contributed by atoms with van der Waals surface area (Å²) in [5.41, 5.74) is 0.483. The van der Waals surface area contributed by atoms with Crippen molar-refractivity contribution in [3.05, 3.63) is 23.7 Å². The second-order valence-electron chi connectivity index (χ2n) is 5.30. The van der Waals surface area contributed by atoms with Crippen molar-refractivity contribution in [2.45, 2.75) is 45.4 Å². The Kier molecular flexibility index (Phi) is 2.68. The SMILES string of the molecule is CC1(C)CCC(c2ccc(C=O)o2)CC1. The number of rotatable bonds is 2. The van der Waals surface area contributed by atoms with Crippen LogP contribution in [-0.4, -0.2) is 6.29 Å². The standard InChI is InChI=1S/C13H18O2/c1-13(2)7-5-10(6-8-13)12-4-3-11(9-14)15-12/h3-4,9-10H,5-8H2,1-2H3. The molecule has 2 nitrogen and oxygen atoms in total. The summed E-state index contributed by atoms with van der Waals surface area (Å²) in [5, 5.41) is 0. The lowest BCUT2D eigenvalue weighted by molar-refractivity contribution is 0.109. The van der Waals surface area contributed by atoms with Crippen LogP contribution in [0.5, 0.6) is 0 Å². The van der Waals surface area contributed by atoms with E-state index in [9.17, 15) is 4.79 Å². The molecule has 0 amide bonds. The molecule has 0 N–H and O–H groups in total. The quantitative estimate of drug-likeness (QED) is 0.689. The van der Waals surface area contributed by atoms with Gasteiger partial charge in [0, 0.05) is 5.92 Å². The molecule has 1 heterocycles. The average molecular weight is 206 g/mol. The van der Waals surface area contributed by atoms with Crippen LogP contribution in [0, 0.1) is 5.41 Å². The van der Waals surface area contributed by atoms with Gasteiger partial charge in [-0.3, -0.25) is 4.79 Å². The lowest BCUT2D eigenvalue weighted by Crippen LogP contribution is -2.19. The molecule has 15 heavy (non-hydrogen) atoms. The lowest BCUT2D eigenvalue weighted by Gasteiger charge is -2.33. The van der Waals surface area contributed by atoms with E-state index < -0.39 is 0 Å². The zero-order chi connectivity index (χ0) is 10.9. The Morgan fingerprint density at radius 1 is 1.33 bits per heavy atom. The van der Waals surface area contributed by atoms with Gasteiger partial charge in [-0.2, -0.15) is 0 Å². The minimum absolute atomic E-state index is 0.454. The van der Waals surface area contributed by atoms with Crippen LogP contribution in [0.4, 0.5) is 0 Å². The Bertz CT molecular complexity index is 339. The number of hydrogen-bond donors (Lipinski definition) is 0. The number of carbonyl (C=O) groups excluding carboxylic acids is 1. The van der Waals surface area contributed by atoms with Gasteiger partial charge >= 0.3 is 0 Å². The zero-order valence-electron chi connectivity index (χ0n) is 9.45. The van der Waals surface area contributed by atoms with Crippen molar-refractivity contribution in [3.63, 3.8) is 0 Å². The lowest BCUT2D eigenvalue weighted by atomic mass is 9.72. The zero-order valence-corrected chi connectivity index (χ0v) is 9.45. The summed E-state index contributed by atoms with van der Waals surface area (Å²) in [7, 11) is 0.